The predicted molar refractivity (Wildman–Crippen MR) is 83.5 cm³/mol. The molecule has 0 saturated carbocycles. The zero-order valence-electron chi connectivity index (χ0n) is 11.5. The van der Waals surface area contributed by atoms with E-state index in [4.69, 9.17) is 32.7 Å². The number of anilines is 1. The van der Waals surface area contributed by atoms with E-state index in [0.29, 0.717) is 16.5 Å². The zero-order valence-corrected chi connectivity index (χ0v) is 13.0. The summed E-state index contributed by atoms with van der Waals surface area (Å²) in [7, 11) is 1.48. The van der Waals surface area contributed by atoms with Gasteiger partial charge in [0.1, 0.15) is 17.3 Å². The molecule has 0 aromatic heterocycles. The Morgan fingerprint density at radius 2 is 1.91 bits per heavy atom. The fraction of sp³-hybridized carbons (Fsp3) is 0.133. The summed E-state index contributed by atoms with van der Waals surface area (Å²) in [6.07, 6.45) is 0. The number of benzene rings is 2. The van der Waals surface area contributed by atoms with Crippen LogP contribution in [0.5, 0.6) is 11.5 Å². The summed E-state index contributed by atoms with van der Waals surface area (Å²) in [6, 6.07) is 8.49. The van der Waals surface area contributed by atoms with E-state index in [1.807, 2.05) is 0 Å². The lowest BCUT2D eigenvalue weighted by Crippen LogP contribution is -2.20. The van der Waals surface area contributed by atoms with Gasteiger partial charge in [0, 0.05) is 5.02 Å². The van der Waals surface area contributed by atoms with Gasteiger partial charge in [0.25, 0.3) is 5.91 Å². The Morgan fingerprint density at radius 3 is 2.59 bits per heavy atom. The first-order valence-corrected chi connectivity index (χ1v) is 6.96. The van der Waals surface area contributed by atoms with E-state index in [1.54, 1.807) is 18.2 Å². The van der Waals surface area contributed by atoms with Gasteiger partial charge in [-0.3, -0.25) is 4.79 Å². The summed E-state index contributed by atoms with van der Waals surface area (Å²) in [5.41, 5.74) is 0.425. The Bertz CT molecular complexity index is 694. The fourth-order valence-electron chi connectivity index (χ4n) is 1.70. The van der Waals surface area contributed by atoms with Gasteiger partial charge in [0.2, 0.25) is 0 Å². The minimum atomic E-state index is -0.481. The van der Waals surface area contributed by atoms with E-state index < -0.39 is 11.7 Å². The van der Waals surface area contributed by atoms with Gasteiger partial charge in [-0.1, -0.05) is 23.2 Å². The van der Waals surface area contributed by atoms with Gasteiger partial charge in [0.15, 0.2) is 6.61 Å². The van der Waals surface area contributed by atoms with Gasteiger partial charge in [-0.05, 0) is 36.4 Å². The lowest BCUT2D eigenvalue weighted by molar-refractivity contribution is -0.118. The van der Waals surface area contributed by atoms with Gasteiger partial charge >= 0.3 is 0 Å². The molecule has 0 saturated heterocycles. The van der Waals surface area contributed by atoms with Crippen molar-refractivity contribution in [3.05, 3.63) is 52.3 Å². The average molecular weight is 344 g/mol. The molecule has 0 bridgehead atoms. The maximum absolute atomic E-state index is 12.9. The molecule has 2 aromatic carbocycles. The van der Waals surface area contributed by atoms with Gasteiger partial charge in [-0.15, -0.1) is 0 Å². The summed E-state index contributed by atoms with van der Waals surface area (Å²) in [5.74, 6) is -0.222. The van der Waals surface area contributed by atoms with E-state index in [1.165, 1.54) is 19.2 Å². The van der Waals surface area contributed by atoms with Crippen molar-refractivity contribution in [2.45, 2.75) is 0 Å². The second kappa shape index (κ2) is 7.33. The zero-order chi connectivity index (χ0) is 16.1. The van der Waals surface area contributed by atoms with Crippen molar-refractivity contribution in [2.24, 2.45) is 0 Å². The van der Waals surface area contributed by atoms with Crippen LogP contribution in [0.3, 0.4) is 0 Å². The molecule has 0 aliphatic rings. The van der Waals surface area contributed by atoms with Crippen LogP contribution in [-0.4, -0.2) is 19.6 Å². The number of carbonyl (C=O) groups is 1. The van der Waals surface area contributed by atoms with Gasteiger partial charge in [0.05, 0.1) is 17.8 Å². The SMILES string of the molecule is COc1ccc(Cl)cc1NC(=O)COc1ccc(F)cc1Cl. The number of methoxy groups -OCH3 is 1. The van der Waals surface area contributed by atoms with Crippen LogP contribution in [0.2, 0.25) is 10.0 Å². The Balaban J connectivity index is 2.00. The van der Waals surface area contributed by atoms with Crippen molar-refractivity contribution in [2.75, 3.05) is 19.0 Å². The topological polar surface area (TPSA) is 47.6 Å². The van der Waals surface area contributed by atoms with Gasteiger partial charge < -0.3 is 14.8 Å². The standard InChI is InChI=1S/C15H12Cl2FNO3/c1-21-14-4-2-9(16)6-12(14)19-15(20)8-22-13-5-3-10(18)7-11(13)17/h2-7H,8H2,1H3,(H,19,20). The molecule has 7 heteroatoms. The number of ether oxygens (including phenoxy) is 2. The summed E-state index contributed by atoms with van der Waals surface area (Å²) in [4.78, 5) is 11.9. The number of rotatable bonds is 5. The number of amides is 1. The quantitative estimate of drug-likeness (QED) is 0.886. The normalized spacial score (nSPS) is 10.2. The number of hydrogen-bond donors (Lipinski definition) is 1. The summed E-state index contributed by atoms with van der Waals surface area (Å²) >= 11 is 11.7. The van der Waals surface area contributed by atoms with Crippen molar-refractivity contribution < 1.29 is 18.7 Å². The van der Waals surface area contributed by atoms with E-state index >= 15 is 0 Å². The highest BCUT2D eigenvalue weighted by atomic mass is 35.5. The predicted octanol–water partition coefficient (Wildman–Crippen LogP) is 4.16. The first kappa shape index (κ1) is 16.4. The second-order valence-corrected chi connectivity index (χ2v) is 5.10. The summed E-state index contributed by atoms with van der Waals surface area (Å²) in [6.45, 7) is -0.291. The highest BCUT2D eigenvalue weighted by Gasteiger charge is 2.10. The molecule has 2 aromatic rings. The van der Waals surface area contributed by atoms with Crippen LogP contribution in [0.15, 0.2) is 36.4 Å². The molecule has 0 aliphatic heterocycles. The fourth-order valence-corrected chi connectivity index (χ4v) is 2.09. The van der Waals surface area contributed by atoms with E-state index in [-0.39, 0.29) is 17.4 Å². The van der Waals surface area contributed by atoms with E-state index in [9.17, 15) is 9.18 Å². The van der Waals surface area contributed by atoms with Crippen molar-refractivity contribution in [1.82, 2.24) is 0 Å². The number of halogens is 3. The summed E-state index contributed by atoms with van der Waals surface area (Å²) < 4.78 is 23.3. The summed E-state index contributed by atoms with van der Waals surface area (Å²) in [5, 5.41) is 3.16. The molecule has 4 nitrogen and oxygen atoms in total. The van der Waals surface area contributed by atoms with Gasteiger partial charge in [-0.25, -0.2) is 4.39 Å². The molecule has 2 rings (SSSR count). The van der Waals surface area contributed by atoms with Crippen molar-refractivity contribution >= 4 is 34.8 Å². The molecule has 0 spiro atoms. The molecule has 0 unspecified atom stereocenters. The third kappa shape index (κ3) is 4.26. The highest BCUT2D eigenvalue weighted by molar-refractivity contribution is 6.32. The van der Waals surface area contributed by atoms with Crippen LogP contribution < -0.4 is 14.8 Å². The Kier molecular flexibility index (Phi) is 5.46. The van der Waals surface area contributed by atoms with Crippen molar-refractivity contribution in [1.29, 1.82) is 0 Å². The number of carbonyl (C=O) groups excluding carboxylic acids is 1. The van der Waals surface area contributed by atoms with Crippen LogP contribution in [0, 0.1) is 5.82 Å². The first-order chi connectivity index (χ1) is 10.5. The molecular weight excluding hydrogens is 332 g/mol. The van der Waals surface area contributed by atoms with Crippen LogP contribution in [0.25, 0.3) is 0 Å². The minimum absolute atomic E-state index is 0.0909. The lowest BCUT2D eigenvalue weighted by Gasteiger charge is -2.11. The van der Waals surface area contributed by atoms with Crippen molar-refractivity contribution in [3.8, 4) is 11.5 Å². The molecule has 1 N–H and O–H groups in total. The molecule has 0 fully saturated rings. The minimum Gasteiger partial charge on any atom is -0.495 e. The van der Waals surface area contributed by atoms with Crippen LogP contribution >= 0.6 is 23.2 Å². The van der Waals surface area contributed by atoms with Gasteiger partial charge in [-0.2, -0.15) is 0 Å². The molecular formula is C15H12Cl2FNO3. The molecule has 116 valence electrons. The monoisotopic (exact) mass is 343 g/mol. The van der Waals surface area contributed by atoms with E-state index in [2.05, 4.69) is 5.32 Å². The maximum atomic E-state index is 12.9. The third-order valence-corrected chi connectivity index (χ3v) is 3.22. The van der Waals surface area contributed by atoms with E-state index in [0.717, 1.165) is 6.07 Å². The van der Waals surface area contributed by atoms with Crippen LogP contribution in [-0.2, 0) is 4.79 Å². The molecule has 0 heterocycles. The highest BCUT2D eigenvalue weighted by Crippen LogP contribution is 2.28. The Labute approximate surface area is 136 Å². The second-order valence-electron chi connectivity index (χ2n) is 4.26. The Hall–Kier alpha value is -1.98. The average Bonchev–Trinajstić information content (AvgIpc) is 2.46. The number of hydrogen-bond acceptors (Lipinski definition) is 3. The maximum Gasteiger partial charge on any atom is 0.262 e. The molecule has 1 amide bonds. The largest absolute Gasteiger partial charge is 0.495 e. The molecule has 0 radical (unpaired) electrons. The third-order valence-electron chi connectivity index (χ3n) is 2.69. The smallest absolute Gasteiger partial charge is 0.262 e. The number of nitrogens with one attached hydrogen (secondary N) is 1. The lowest BCUT2D eigenvalue weighted by atomic mass is 10.3. The molecule has 22 heavy (non-hydrogen) atoms. The first-order valence-electron chi connectivity index (χ1n) is 6.21. The molecule has 0 atom stereocenters. The van der Waals surface area contributed by atoms with Crippen molar-refractivity contribution in [3.63, 3.8) is 0 Å². The molecule has 0 aliphatic carbocycles. The van der Waals surface area contributed by atoms with Crippen LogP contribution in [0.4, 0.5) is 10.1 Å². The Morgan fingerprint density at radius 1 is 1.18 bits per heavy atom. The van der Waals surface area contributed by atoms with Crippen LogP contribution in [0.1, 0.15) is 0 Å².